The van der Waals surface area contributed by atoms with Gasteiger partial charge >= 0.3 is 5.97 Å². The quantitative estimate of drug-likeness (QED) is 0.474. The lowest BCUT2D eigenvalue weighted by Gasteiger charge is -2.18. The number of halogens is 1. The molecule has 0 bridgehead atoms. The summed E-state index contributed by atoms with van der Waals surface area (Å²) in [4.78, 5) is 34.6. The molecule has 2 aromatic carbocycles. The number of ether oxygens (including phenoxy) is 3. The van der Waals surface area contributed by atoms with E-state index in [0.29, 0.717) is 5.56 Å². The smallest absolute Gasteiger partial charge is 0.345 e. The third kappa shape index (κ3) is 4.17. The first-order chi connectivity index (χ1) is 13.3. The highest BCUT2D eigenvalue weighted by Gasteiger charge is 2.27. The van der Waals surface area contributed by atoms with Crippen LogP contribution in [0.2, 0.25) is 0 Å². The zero-order valence-corrected chi connectivity index (χ0v) is 14.7. The first-order valence-corrected chi connectivity index (χ1v) is 8.16. The molecule has 1 amide bonds. The molecule has 0 saturated heterocycles. The summed E-state index contributed by atoms with van der Waals surface area (Å²) in [7, 11) is 0. The van der Waals surface area contributed by atoms with Gasteiger partial charge in [-0.2, -0.15) is 0 Å². The second-order valence-electron chi connectivity index (χ2n) is 5.88. The maximum absolute atomic E-state index is 13.8. The molecule has 10 heteroatoms. The highest BCUT2D eigenvalue weighted by atomic mass is 19.1. The van der Waals surface area contributed by atoms with Crippen LogP contribution in [0.3, 0.4) is 0 Å². The predicted molar refractivity (Wildman–Crippen MR) is 94.1 cm³/mol. The molecule has 0 saturated carbocycles. The Morgan fingerprint density at radius 1 is 1.21 bits per heavy atom. The number of carbonyl (C=O) groups is 2. The van der Waals surface area contributed by atoms with E-state index in [1.807, 2.05) is 0 Å². The first kappa shape index (κ1) is 19.1. The summed E-state index contributed by atoms with van der Waals surface area (Å²) >= 11 is 0. The van der Waals surface area contributed by atoms with Crippen molar-refractivity contribution in [3.8, 4) is 11.5 Å². The number of nitro groups is 1. The van der Waals surface area contributed by atoms with Gasteiger partial charge in [0.05, 0.1) is 16.7 Å². The zero-order valence-electron chi connectivity index (χ0n) is 14.7. The fraction of sp³-hybridized carbons (Fsp3) is 0.222. The van der Waals surface area contributed by atoms with Crippen LogP contribution in [0.15, 0.2) is 30.3 Å². The minimum atomic E-state index is -1.09. The standard InChI is InChI=1S/C18H15FN2O7/c1-10-2-3-13(12(19)6-10)20-17(22)9-28-18(23)11-7-15-16(27-5-4-26-15)8-14(11)21(24)25/h2-3,6-8H,4-5,9H2,1H3,(H,20,22). The van der Waals surface area contributed by atoms with E-state index in [2.05, 4.69) is 5.32 Å². The molecule has 28 heavy (non-hydrogen) atoms. The van der Waals surface area contributed by atoms with Crippen LogP contribution in [0.1, 0.15) is 15.9 Å². The first-order valence-electron chi connectivity index (χ1n) is 8.16. The van der Waals surface area contributed by atoms with Gasteiger partial charge < -0.3 is 19.5 Å². The van der Waals surface area contributed by atoms with E-state index < -0.39 is 34.9 Å². The number of hydrogen-bond acceptors (Lipinski definition) is 7. The minimum absolute atomic E-state index is 0.0723. The third-order valence-electron chi connectivity index (χ3n) is 3.81. The van der Waals surface area contributed by atoms with Crippen LogP contribution in [-0.2, 0) is 9.53 Å². The second kappa shape index (κ2) is 7.91. The number of benzene rings is 2. The molecule has 0 atom stereocenters. The predicted octanol–water partition coefficient (Wildman–Crippen LogP) is 2.61. The van der Waals surface area contributed by atoms with Crippen LogP contribution < -0.4 is 14.8 Å². The largest absolute Gasteiger partial charge is 0.486 e. The highest BCUT2D eigenvalue weighted by Crippen LogP contribution is 2.36. The van der Waals surface area contributed by atoms with Gasteiger partial charge in [0, 0.05) is 6.07 Å². The van der Waals surface area contributed by atoms with E-state index in [-0.39, 0.29) is 36.0 Å². The number of nitrogens with zero attached hydrogens (tertiary/aromatic N) is 1. The van der Waals surface area contributed by atoms with Gasteiger partial charge in [0.2, 0.25) is 0 Å². The molecule has 0 aliphatic carbocycles. The molecular weight excluding hydrogens is 375 g/mol. The molecule has 0 spiro atoms. The van der Waals surface area contributed by atoms with Crippen LogP contribution >= 0.6 is 0 Å². The van der Waals surface area contributed by atoms with Crippen molar-refractivity contribution < 1.29 is 33.1 Å². The Balaban J connectivity index is 1.70. The van der Waals surface area contributed by atoms with Crippen LogP contribution in [-0.4, -0.2) is 36.6 Å². The van der Waals surface area contributed by atoms with Crippen LogP contribution in [0.5, 0.6) is 11.5 Å². The number of rotatable bonds is 5. The van der Waals surface area contributed by atoms with Gasteiger partial charge in [0.25, 0.3) is 11.6 Å². The van der Waals surface area contributed by atoms with Crippen LogP contribution in [0.4, 0.5) is 15.8 Å². The molecule has 0 aromatic heterocycles. The number of hydrogen-bond donors (Lipinski definition) is 1. The van der Waals surface area contributed by atoms with E-state index in [9.17, 15) is 24.1 Å². The van der Waals surface area contributed by atoms with Crippen molar-refractivity contribution in [3.05, 3.63) is 57.4 Å². The lowest BCUT2D eigenvalue weighted by molar-refractivity contribution is -0.385. The summed E-state index contributed by atoms with van der Waals surface area (Å²) in [5.41, 5.74) is -0.326. The van der Waals surface area contributed by atoms with Gasteiger partial charge in [-0.1, -0.05) is 6.07 Å². The van der Waals surface area contributed by atoms with Gasteiger partial charge in [-0.3, -0.25) is 14.9 Å². The van der Waals surface area contributed by atoms with Crippen molar-refractivity contribution in [2.24, 2.45) is 0 Å². The molecule has 3 rings (SSSR count). The molecule has 1 N–H and O–H groups in total. The highest BCUT2D eigenvalue weighted by molar-refractivity contribution is 5.98. The van der Waals surface area contributed by atoms with Crippen LogP contribution in [0, 0.1) is 22.9 Å². The Morgan fingerprint density at radius 3 is 2.54 bits per heavy atom. The molecule has 1 heterocycles. The number of aryl methyl sites for hydroxylation is 1. The van der Waals surface area contributed by atoms with Crippen LogP contribution in [0.25, 0.3) is 0 Å². The summed E-state index contributed by atoms with van der Waals surface area (Å²) in [5, 5.41) is 13.5. The molecule has 2 aromatic rings. The second-order valence-corrected chi connectivity index (χ2v) is 5.88. The lowest BCUT2D eigenvalue weighted by Crippen LogP contribution is -2.22. The Hall–Kier alpha value is -3.69. The zero-order chi connectivity index (χ0) is 20.3. The van der Waals surface area contributed by atoms with Gasteiger partial charge in [0.15, 0.2) is 18.1 Å². The number of anilines is 1. The Kier molecular flexibility index (Phi) is 5.39. The van der Waals surface area contributed by atoms with Gasteiger partial charge in [-0.25, -0.2) is 9.18 Å². The summed E-state index contributed by atoms with van der Waals surface area (Å²) in [6.45, 7) is 1.39. The third-order valence-corrected chi connectivity index (χ3v) is 3.81. The van der Waals surface area contributed by atoms with Crippen molar-refractivity contribution in [2.75, 3.05) is 25.1 Å². The Labute approximate surface area is 158 Å². The number of amides is 1. The van der Waals surface area contributed by atoms with E-state index in [4.69, 9.17) is 14.2 Å². The lowest BCUT2D eigenvalue weighted by atomic mass is 10.1. The minimum Gasteiger partial charge on any atom is -0.486 e. The average molecular weight is 390 g/mol. The molecule has 0 fully saturated rings. The number of carbonyl (C=O) groups excluding carboxylic acids is 2. The van der Waals surface area contributed by atoms with E-state index in [1.54, 1.807) is 13.0 Å². The SMILES string of the molecule is Cc1ccc(NC(=O)COC(=O)c2cc3c(cc2[N+](=O)[O-])OCCO3)c(F)c1. The average Bonchev–Trinajstić information content (AvgIpc) is 2.67. The fourth-order valence-electron chi connectivity index (χ4n) is 2.51. The summed E-state index contributed by atoms with van der Waals surface area (Å²) in [6, 6.07) is 6.40. The van der Waals surface area contributed by atoms with Gasteiger partial charge in [-0.05, 0) is 24.6 Å². The summed E-state index contributed by atoms with van der Waals surface area (Å²) in [5.74, 6) is -2.22. The topological polar surface area (TPSA) is 117 Å². The van der Waals surface area contributed by atoms with E-state index in [0.717, 1.165) is 12.1 Å². The van der Waals surface area contributed by atoms with E-state index >= 15 is 0 Å². The fourth-order valence-corrected chi connectivity index (χ4v) is 2.51. The maximum Gasteiger partial charge on any atom is 0.345 e. The molecule has 0 unspecified atom stereocenters. The Bertz CT molecular complexity index is 961. The van der Waals surface area contributed by atoms with Gasteiger partial charge in [0.1, 0.15) is 24.6 Å². The van der Waals surface area contributed by atoms with Crippen molar-refractivity contribution >= 4 is 23.3 Å². The van der Waals surface area contributed by atoms with Crippen molar-refractivity contribution in [1.29, 1.82) is 0 Å². The number of nitro benzene ring substituents is 1. The molecule has 9 nitrogen and oxygen atoms in total. The van der Waals surface area contributed by atoms with E-state index in [1.165, 1.54) is 12.1 Å². The number of esters is 1. The molecule has 1 aliphatic heterocycles. The summed E-state index contributed by atoms with van der Waals surface area (Å²) in [6.07, 6.45) is 0. The maximum atomic E-state index is 13.8. The van der Waals surface area contributed by atoms with Crippen molar-refractivity contribution in [2.45, 2.75) is 6.92 Å². The number of nitrogens with one attached hydrogen (secondary N) is 1. The van der Waals surface area contributed by atoms with Crippen molar-refractivity contribution in [3.63, 3.8) is 0 Å². The number of fused-ring (bicyclic) bond motifs is 1. The molecular formula is C18H15FN2O7. The molecule has 1 aliphatic rings. The normalized spacial score (nSPS) is 12.2. The Morgan fingerprint density at radius 2 is 1.89 bits per heavy atom. The van der Waals surface area contributed by atoms with Crippen molar-refractivity contribution in [1.82, 2.24) is 0 Å². The van der Waals surface area contributed by atoms with Gasteiger partial charge in [-0.15, -0.1) is 0 Å². The molecule has 146 valence electrons. The summed E-state index contributed by atoms with van der Waals surface area (Å²) < 4.78 is 29.1. The monoisotopic (exact) mass is 390 g/mol. The molecule has 0 radical (unpaired) electrons.